The molecule has 0 aromatic carbocycles. The van der Waals surface area contributed by atoms with Crippen LogP contribution in [0.5, 0.6) is 0 Å². The van der Waals surface area contributed by atoms with Gasteiger partial charge in [-0.05, 0) is 12.5 Å². The van der Waals surface area contributed by atoms with E-state index in [-0.39, 0.29) is 5.91 Å². The van der Waals surface area contributed by atoms with Crippen molar-refractivity contribution >= 4 is 5.91 Å². The number of carbonyl (C=O) groups excluding carboxylic acids is 1. The molecule has 0 saturated heterocycles. The first kappa shape index (κ1) is 10.6. The predicted octanol–water partition coefficient (Wildman–Crippen LogP) is 0.672. The fraction of sp³-hybridized carbons (Fsp3) is 0.444. The largest absolute Gasteiger partial charge is 0.295 e. The number of aromatic nitrogens is 2. The summed E-state index contributed by atoms with van der Waals surface area (Å²) in [5, 5.41) is 1.13. The van der Waals surface area contributed by atoms with E-state index >= 15 is 0 Å². The van der Waals surface area contributed by atoms with Gasteiger partial charge in [0.2, 0.25) is 0 Å². The summed E-state index contributed by atoms with van der Waals surface area (Å²) in [5.41, 5.74) is 1.19. The Labute approximate surface area is 82.7 Å². The molecule has 0 saturated carbocycles. The minimum Gasteiger partial charge on any atom is -0.274 e. The molecule has 5 nitrogen and oxygen atoms in total. The van der Waals surface area contributed by atoms with Gasteiger partial charge in [0.15, 0.2) is 0 Å². The van der Waals surface area contributed by atoms with Crippen molar-refractivity contribution in [3.63, 3.8) is 0 Å². The molecule has 1 amide bonds. The van der Waals surface area contributed by atoms with Gasteiger partial charge < -0.3 is 0 Å². The van der Waals surface area contributed by atoms with E-state index in [4.69, 9.17) is 4.84 Å². The molecule has 14 heavy (non-hydrogen) atoms. The Morgan fingerprint density at radius 2 is 2.29 bits per heavy atom. The average Bonchev–Trinajstić information content (AvgIpc) is 2.27. The number of carbonyl (C=O) groups is 1. The molecule has 76 valence electrons. The van der Waals surface area contributed by atoms with Crippen molar-refractivity contribution in [1.82, 2.24) is 15.0 Å². The van der Waals surface area contributed by atoms with Gasteiger partial charge in [-0.3, -0.25) is 9.63 Å². The molecule has 1 rings (SSSR count). The number of hydrogen-bond acceptors (Lipinski definition) is 4. The molecule has 0 aliphatic rings. The lowest BCUT2D eigenvalue weighted by Gasteiger charge is -2.12. The molecule has 1 aromatic rings. The van der Waals surface area contributed by atoms with Crippen molar-refractivity contribution in [3.05, 3.63) is 23.8 Å². The maximum absolute atomic E-state index is 11.6. The van der Waals surface area contributed by atoms with Crippen LogP contribution in [0.2, 0.25) is 0 Å². The third-order valence-electron chi connectivity index (χ3n) is 1.86. The molecule has 0 radical (unpaired) electrons. The first-order chi connectivity index (χ1) is 6.69. The van der Waals surface area contributed by atoms with Crippen LogP contribution in [0.15, 0.2) is 12.4 Å². The topological polar surface area (TPSA) is 55.3 Å². The van der Waals surface area contributed by atoms with E-state index in [0.29, 0.717) is 5.69 Å². The van der Waals surface area contributed by atoms with Crippen LogP contribution in [0.25, 0.3) is 0 Å². The number of hydrogen-bond donors (Lipinski definition) is 0. The number of amides is 1. The average molecular weight is 195 g/mol. The third kappa shape index (κ3) is 2.26. The Morgan fingerprint density at radius 1 is 1.57 bits per heavy atom. The van der Waals surface area contributed by atoms with Crippen molar-refractivity contribution in [2.24, 2.45) is 0 Å². The maximum Gasteiger partial charge on any atom is 0.295 e. The summed E-state index contributed by atoms with van der Waals surface area (Å²) in [6.45, 7) is 1.97. The molecule has 0 N–H and O–H groups in total. The van der Waals surface area contributed by atoms with Crippen LogP contribution in [0, 0.1) is 0 Å². The van der Waals surface area contributed by atoms with Gasteiger partial charge in [-0.15, -0.1) is 0 Å². The highest BCUT2D eigenvalue weighted by Gasteiger charge is 2.12. The Morgan fingerprint density at radius 3 is 2.86 bits per heavy atom. The van der Waals surface area contributed by atoms with Crippen molar-refractivity contribution in [2.75, 3.05) is 14.2 Å². The highest BCUT2D eigenvalue weighted by atomic mass is 16.7. The molecule has 0 aliphatic heterocycles. The van der Waals surface area contributed by atoms with Crippen molar-refractivity contribution in [1.29, 1.82) is 0 Å². The lowest BCUT2D eigenvalue weighted by molar-refractivity contribution is -0.0760. The molecule has 0 aliphatic carbocycles. The fourth-order valence-corrected chi connectivity index (χ4v) is 0.952. The SMILES string of the molecule is CCc1cc(C(=O)N(C)OC)ncn1. The zero-order chi connectivity index (χ0) is 10.6. The van der Waals surface area contributed by atoms with Crippen molar-refractivity contribution in [2.45, 2.75) is 13.3 Å². The normalized spacial score (nSPS) is 9.93. The Hall–Kier alpha value is -1.49. The van der Waals surface area contributed by atoms with E-state index < -0.39 is 0 Å². The zero-order valence-electron chi connectivity index (χ0n) is 8.52. The van der Waals surface area contributed by atoms with E-state index in [2.05, 4.69) is 9.97 Å². The first-order valence-electron chi connectivity index (χ1n) is 4.32. The Balaban J connectivity index is 2.90. The lowest BCUT2D eigenvalue weighted by Crippen LogP contribution is -2.26. The highest BCUT2D eigenvalue weighted by Crippen LogP contribution is 2.02. The monoisotopic (exact) mass is 195 g/mol. The van der Waals surface area contributed by atoms with E-state index in [0.717, 1.165) is 17.2 Å². The van der Waals surface area contributed by atoms with Crippen LogP contribution < -0.4 is 0 Å². The van der Waals surface area contributed by atoms with E-state index in [1.165, 1.54) is 20.5 Å². The fourth-order valence-electron chi connectivity index (χ4n) is 0.952. The molecule has 1 aromatic heterocycles. The van der Waals surface area contributed by atoms with Crippen LogP contribution in [-0.2, 0) is 11.3 Å². The molecule has 1 heterocycles. The van der Waals surface area contributed by atoms with E-state index in [1.54, 1.807) is 6.07 Å². The third-order valence-corrected chi connectivity index (χ3v) is 1.86. The molecule has 0 fully saturated rings. The highest BCUT2D eigenvalue weighted by molar-refractivity contribution is 5.91. The van der Waals surface area contributed by atoms with Gasteiger partial charge in [0.25, 0.3) is 5.91 Å². The zero-order valence-corrected chi connectivity index (χ0v) is 8.52. The number of nitrogens with zero attached hydrogens (tertiary/aromatic N) is 3. The summed E-state index contributed by atoms with van der Waals surface area (Å²) in [7, 11) is 2.97. The van der Waals surface area contributed by atoms with E-state index in [1.807, 2.05) is 6.92 Å². The smallest absolute Gasteiger partial charge is 0.274 e. The van der Waals surface area contributed by atoms with Gasteiger partial charge in [0.05, 0.1) is 7.11 Å². The molecule has 0 bridgehead atoms. The molecule has 0 unspecified atom stereocenters. The molecule has 0 atom stereocenters. The van der Waals surface area contributed by atoms with Crippen LogP contribution in [0.3, 0.4) is 0 Å². The van der Waals surface area contributed by atoms with Crippen LogP contribution in [-0.4, -0.2) is 35.1 Å². The molecular formula is C9H13N3O2. The predicted molar refractivity (Wildman–Crippen MR) is 50.5 cm³/mol. The number of hydroxylamine groups is 2. The van der Waals surface area contributed by atoms with Crippen LogP contribution in [0.1, 0.15) is 23.1 Å². The minimum absolute atomic E-state index is 0.274. The van der Waals surface area contributed by atoms with Gasteiger partial charge in [-0.2, -0.15) is 0 Å². The second kappa shape index (κ2) is 4.66. The second-order valence-electron chi connectivity index (χ2n) is 2.73. The van der Waals surface area contributed by atoms with E-state index in [9.17, 15) is 4.79 Å². The molecule has 0 spiro atoms. The minimum atomic E-state index is -0.274. The lowest BCUT2D eigenvalue weighted by atomic mass is 10.2. The van der Waals surface area contributed by atoms with Crippen LogP contribution in [0.4, 0.5) is 0 Å². The summed E-state index contributed by atoms with van der Waals surface area (Å²) in [6.07, 6.45) is 2.16. The quantitative estimate of drug-likeness (QED) is 0.665. The van der Waals surface area contributed by atoms with Crippen molar-refractivity contribution in [3.8, 4) is 0 Å². The summed E-state index contributed by atoms with van der Waals surface area (Å²) < 4.78 is 0. The standard InChI is InChI=1S/C9H13N3O2/c1-4-7-5-8(11-6-10-7)9(13)12(2)14-3/h5-6H,4H2,1-3H3. The van der Waals surface area contributed by atoms with Crippen LogP contribution >= 0.6 is 0 Å². The van der Waals surface area contributed by atoms with Gasteiger partial charge in [0, 0.05) is 12.7 Å². The van der Waals surface area contributed by atoms with Gasteiger partial charge in [0.1, 0.15) is 12.0 Å². The van der Waals surface area contributed by atoms with Gasteiger partial charge in [-0.25, -0.2) is 15.0 Å². The Bertz CT molecular complexity index is 328. The Kier molecular flexibility index (Phi) is 3.53. The number of aryl methyl sites for hydroxylation is 1. The van der Waals surface area contributed by atoms with Gasteiger partial charge >= 0.3 is 0 Å². The first-order valence-corrected chi connectivity index (χ1v) is 4.32. The summed E-state index contributed by atoms with van der Waals surface area (Å²) in [6, 6.07) is 1.66. The summed E-state index contributed by atoms with van der Waals surface area (Å²) >= 11 is 0. The maximum atomic E-state index is 11.6. The van der Waals surface area contributed by atoms with Crippen molar-refractivity contribution < 1.29 is 9.63 Å². The summed E-state index contributed by atoms with van der Waals surface area (Å²) in [4.78, 5) is 24.2. The summed E-state index contributed by atoms with van der Waals surface area (Å²) in [5.74, 6) is -0.274. The number of rotatable bonds is 3. The second-order valence-corrected chi connectivity index (χ2v) is 2.73. The molecular weight excluding hydrogens is 182 g/mol. The van der Waals surface area contributed by atoms with Gasteiger partial charge in [-0.1, -0.05) is 6.92 Å². The molecule has 5 heteroatoms.